The van der Waals surface area contributed by atoms with E-state index in [2.05, 4.69) is 20.8 Å². The number of hydrogen-bond acceptors (Lipinski definition) is 2. The van der Waals surface area contributed by atoms with E-state index in [4.69, 9.17) is 0 Å². The molecule has 0 spiro atoms. The lowest BCUT2D eigenvalue weighted by Gasteiger charge is -2.24. The third-order valence-electron chi connectivity index (χ3n) is 4.14. The molecular weight excluding hydrogens is 319 g/mol. The Balaban J connectivity index is 2.58. The van der Waals surface area contributed by atoms with E-state index < -0.39 is 12.9 Å². The lowest BCUT2D eigenvalue weighted by atomic mass is 9.85. The van der Waals surface area contributed by atoms with Crippen molar-refractivity contribution in [1.29, 1.82) is 0 Å². The van der Waals surface area contributed by atoms with Crippen LogP contribution < -0.4 is 5.30 Å². The molecule has 0 bridgehead atoms. The van der Waals surface area contributed by atoms with Crippen molar-refractivity contribution in [1.82, 2.24) is 0 Å². The Hall–Kier alpha value is -1.70. The molecule has 1 N–H and O–H groups in total. The van der Waals surface area contributed by atoms with Gasteiger partial charge in [0.2, 0.25) is 0 Å². The molecule has 0 aliphatic carbocycles. The first-order valence-electron chi connectivity index (χ1n) is 8.13. The Morgan fingerprint density at radius 3 is 2.12 bits per heavy atom. The zero-order chi connectivity index (χ0) is 18.1. The van der Waals surface area contributed by atoms with Gasteiger partial charge in [-0.2, -0.15) is 0 Å². The molecule has 0 aliphatic rings. The van der Waals surface area contributed by atoms with E-state index in [0.29, 0.717) is 0 Å². The van der Waals surface area contributed by atoms with E-state index in [0.717, 1.165) is 11.1 Å². The summed E-state index contributed by atoms with van der Waals surface area (Å²) in [6.45, 7) is 10.2. The van der Waals surface area contributed by atoms with Crippen LogP contribution in [0.1, 0.15) is 62.0 Å². The maximum absolute atomic E-state index is 13.0. The predicted molar refractivity (Wildman–Crippen MR) is 99.5 cm³/mol. The van der Waals surface area contributed by atoms with Crippen LogP contribution in [-0.4, -0.2) is 10.4 Å². The number of benzene rings is 2. The van der Waals surface area contributed by atoms with Crippen LogP contribution in [0.5, 0.6) is 0 Å². The molecule has 4 heteroatoms. The molecule has 0 aliphatic heterocycles. The minimum Gasteiger partial charge on any atom is -0.336 e. The van der Waals surface area contributed by atoms with Crippen molar-refractivity contribution in [3.8, 4) is 0 Å². The summed E-state index contributed by atoms with van der Waals surface area (Å²) >= 11 is 0. The highest BCUT2D eigenvalue weighted by atomic mass is 31.2. The van der Waals surface area contributed by atoms with Crippen LogP contribution in [0.2, 0.25) is 0 Å². The molecule has 0 amide bonds. The normalized spacial score (nSPS) is 14.5. The quantitative estimate of drug-likeness (QED) is 0.807. The van der Waals surface area contributed by atoms with Crippen LogP contribution in [0.15, 0.2) is 48.5 Å². The summed E-state index contributed by atoms with van der Waals surface area (Å²) in [5.74, 6) is 0.0475. The van der Waals surface area contributed by atoms with Gasteiger partial charge in [0.15, 0.2) is 0 Å². The fraction of sp³-hybridized carbons (Fsp3) is 0.350. The highest BCUT2D eigenvalue weighted by Gasteiger charge is 2.35. The Kier molecular flexibility index (Phi) is 5.17. The number of carbonyl (C=O) groups is 1. The molecule has 3 nitrogen and oxygen atoms in total. The predicted octanol–water partition coefficient (Wildman–Crippen LogP) is 4.84. The third kappa shape index (κ3) is 3.68. The maximum atomic E-state index is 13.0. The summed E-state index contributed by atoms with van der Waals surface area (Å²) in [5, 5.41) is 0.249. The second-order valence-corrected chi connectivity index (χ2v) is 9.47. The van der Waals surface area contributed by atoms with Crippen LogP contribution in [0.3, 0.4) is 0 Å². The van der Waals surface area contributed by atoms with E-state index in [1.807, 2.05) is 26.0 Å². The molecule has 2 aromatic rings. The molecule has 128 valence electrons. The van der Waals surface area contributed by atoms with Gasteiger partial charge in [-0.25, -0.2) is 0 Å². The summed E-state index contributed by atoms with van der Waals surface area (Å²) in [7, 11) is -4.16. The van der Waals surface area contributed by atoms with Crippen molar-refractivity contribution < 1.29 is 14.3 Å². The van der Waals surface area contributed by atoms with Gasteiger partial charge in [-0.3, -0.25) is 9.36 Å². The number of hydrogen-bond donors (Lipinski definition) is 1. The molecule has 2 aromatic carbocycles. The summed E-state index contributed by atoms with van der Waals surface area (Å²) in [5.41, 5.74) is 1.33. The molecule has 0 saturated carbocycles. The second kappa shape index (κ2) is 6.66. The van der Waals surface area contributed by atoms with E-state index in [-0.39, 0.29) is 22.2 Å². The van der Waals surface area contributed by atoms with Crippen molar-refractivity contribution in [2.75, 3.05) is 0 Å². The lowest BCUT2D eigenvalue weighted by Crippen LogP contribution is -2.21. The average Bonchev–Trinajstić information content (AvgIpc) is 2.53. The van der Waals surface area contributed by atoms with Crippen LogP contribution in [-0.2, 0) is 9.98 Å². The SMILES string of the molecule is CC(C)c1cc(C(C)(C)C)ccc1P(=O)(O)C(=O)c1ccccc1. The van der Waals surface area contributed by atoms with Gasteiger partial charge in [-0.1, -0.05) is 77.1 Å². The molecule has 0 aromatic heterocycles. The largest absolute Gasteiger partial charge is 0.336 e. The molecule has 2 rings (SSSR count). The van der Waals surface area contributed by atoms with Crippen LogP contribution in [0.25, 0.3) is 0 Å². The van der Waals surface area contributed by atoms with Crippen LogP contribution in [0.4, 0.5) is 0 Å². The monoisotopic (exact) mass is 344 g/mol. The Morgan fingerprint density at radius 2 is 1.62 bits per heavy atom. The molecule has 0 saturated heterocycles. The first kappa shape index (κ1) is 18.6. The van der Waals surface area contributed by atoms with Gasteiger partial charge in [0, 0.05) is 10.9 Å². The van der Waals surface area contributed by atoms with Gasteiger partial charge in [-0.05, 0) is 28.5 Å². The fourth-order valence-corrected chi connectivity index (χ4v) is 4.29. The van der Waals surface area contributed by atoms with E-state index in [1.165, 1.54) is 0 Å². The molecule has 0 fully saturated rings. The summed E-state index contributed by atoms with van der Waals surface area (Å²) in [4.78, 5) is 23.2. The van der Waals surface area contributed by atoms with Crippen LogP contribution >= 0.6 is 7.37 Å². The Bertz CT molecular complexity index is 786. The molecule has 0 heterocycles. The molecule has 0 radical (unpaired) electrons. The Morgan fingerprint density at radius 1 is 1.04 bits per heavy atom. The minimum absolute atomic E-state index is 0.0475. The average molecular weight is 344 g/mol. The van der Waals surface area contributed by atoms with Crippen molar-refractivity contribution in [2.45, 2.75) is 46.0 Å². The van der Waals surface area contributed by atoms with Gasteiger partial charge in [0.05, 0.1) is 0 Å². The topological polar surface area (TPSA) is 54.4 Å². The maximum Gasteiger partial charge on any atom is 0.298 e. The summed E-state index contributed by atoms with van der Waals surface area (Å²) in [6.07, 6.45) is 0. The summed E-state index contributed by atoms with van der Waals surface area (Å²) in [6, 6.07) is 13.8. The van der Waals surface area contributed by atoms with Crippen LogP contribution in [0, 0.1) is 0 Å². The lowest BCUT2D eigenvalue weighted by molar-refractivity contribution is 0.106. The molecule has 24 heavy (non-hydrogen) atoms. The van der Waals surface area contributed by atoms with Gasteiger partial charge in [-0.15, -0.1) is 0 Å². The van der Waals surface area contributed by atoms with E-state index in [9.17, 15) is 14.3 Å². The summed E-state index contributed by atoms with van der Waals surface area (Å²) < 4.78 is 13.0. The molecular formula is C20H25O3P. The second-order valence-electron chi connectivity index (χ2n) is 7.43. The zero-order valence-corrected chi connectivity index (χ0v) is 15.8. The van der Waals surface area contributed by atoms with Gasteiger partial charge in [0.25, 0.3) is 12.9 Å². The highest BCUT2D eigenvalue weighted by molar-refractivity contribution is 7.82. The first-order valence-corrected chi connectivity index (χ1v) is 9.79. The highest BCUT2D eigenvalue weighted by Crippen LogP contribution is 2.45. The Labute approximate surface area is 144 Å². The van der Waals surface area contributed by atoms with Crippen molar-refractivity contribution in [3.05, 3.63) is 65.2 Å². The van der Waals surface area contributed by atoms with Gasteiger partial charge >= 0.3 is 0 Å². The number of carbonyl (C=O) groups excluding carboxylic acids is 1. The van der Waals surface area contributed by atoms with Crippen molar-refractivity contribution in [2.24, 2.45) is 0 Å². The van der Waals surface area contributed by atoms with Gasteiger partial charge < -0.3 is 4.89 Å². The minimum atomic E-state index is -4.16. The van der Waals surface area contributed by atoms with E-state index >= 15 is 0 Å². The van der Waals surface area contributed by atoms with Gasteiger partial charge in [0.1, 0.15) is 0 Å². The first-order chi connectivity index (χ1) is 11.0. The van der Waals surface area contributed by atoms with Crippen molar-refractivity contribution >= 4 is 18.2 Å². The molecule has 1 unspecified atom stereocenters. The zero-order valence-electron chi connectivity index (χ0n) is 14.9. The van der Waals surface area contributed by atoms with E-state index in [1.54, 1.807) is 36.4 Å². The molecule has 1 atom stereocenters. The standard InChI is InChI=1S/C20H25O3P/c1-14(2)17-13-16(20(3,4)5)11-12-18(17)24(22,23)19(21)15-9-7-6-8-10-15/h6-14H,1-5H3,(H,22,23). The smallest absolute Gasteiger partial charge is 0.298 e. The third-order valence-corrected chi connectivity index (χ3v) is 6.01. The fourth-order valence-electron chi connectivity index (χ4n) is 2.62. The number of rotatable bonds is 4. The van der Waals surface area contributed by atoms with Crippen molar-refractivity contribution in [3.63, 3.8) is 0 Å².